The lowest BCUT2D eigenvalue weighted by atomic mass is 9.26. The van der Waals surface area contributed by atoms with E-state index < -0.39 is 0 Å². The molecule has 0 amide bonds. The van der Waals surface area contributed by atoms with Crippen LogP contribution in [0.15, 0.2) is 0 Å². The van der Waals surface area contributed by atoms with Gasteiger partial charge in [-0.15, -0.1) is 0 Å². The number of hydrogen-bond acceptors (Lipinski definition) is 0. The maximum absolute atomic E-state index is 2.72. The van der Waals surface area contributed by atoms with Crippen molar-refractivity contribution in [1.29, 1.82) is 0 Å². The molecule has 0 spiro atoms. The average Bonchev–Trinajstić information content (AvgIpc) is 2.72. The summed E-state index contributed by atoms with van der Waals surface area (Å²) in [6.45, 7) is 16.0. The van der Waals surface area contributed by atoms with E-state index >= 15 is 0 Å². The molecule has 7 aliphatic rings. The molecule has 106 valence electrons. The molecule has 0 aromatic heterocycles. The van der Waals surface area contributed by atoms with E-state index in [1.165, 1.54) is 0 Å². The summed E-state index contributed by atoms with van der Waals surface area (Å²) in [6, 6.07) is 0. The Kier molecular flexibility index (Phi) is 1.57. The van der Waals surface area contributed by atoms with Crippen molar-refractivity contribution in [3.05, 3.63) is 0 Å². The molecular formula is C19H30. The Hall–Kier alpha value is 0. The van der Waals surface area contributed by atoms with E-state index in [9.17, 15) is 0 Å². The molecule has 7 fully saturated rings. The highest BCUT2D eigenvalue weighted by Gasteiger charge is 2.88. The summed E-state index contributed by atoms with van der Waals surface area (Å²) in [4.78, 5) is 0. The summed E-state index contributed by atoms with van der Waals surface area (Å²) in [6.07, 6.45) is 4.72. The third-order valence-corrected chi connectivity index (χ3v) is 11.0. The van der Waals surface area contributed by atoms with E-state index in [2.05, 4.69) is 41.5 Å². The van der Waals surface area contributed by atoms with Gasteiger partial charge in [0.25, 0.3) is 0 Å². The molecule has 7 rings (SSSR count). The van der Waals surface area contributed by atoms with Crippen LogP contribution in [0.3, 0.4) is 0 Å². The Bertz CT molecular complexity index is 490. The van der Waals surface area contributed by atoms with Gasteiger partial charge >= 0.3 is 0 Å². The van der Waals surface area contributed by atoms with Gasteiger partial charge in [0.15, 0.2) is 0 Å². The minimum Gasteiger partial charge on any atom is -0.0617 e. The van der Waals surface area contributed by atoms with Crippen LogP contribution in [0.5, 0.6) is 0 Å². The molecule has 0 aromatic carbocycles. The molecule has 0 heterocycles. The summed E-state index contributed by atoms with van der Waals surface area (Å²) in [5.74, 6) is 6.29. The molecule has 0 aliphatic heterocycles. The van der Waals surface area contributed by atoms with E-state index in [4.69, 9.17) is 0 Å². The van der Waals surface area contributed by atoms with Crippen LogP contribution in [0.2, 0.25) is 0 Å². The molecule has 19 heavy (non-hydrogen) atoms. The standard InChI is InChI=1S/C19H30/c1-10-11-7-12-14-9-15-13(8-11)17(10,4)19(15,6)18(14,5)16(12,2)3/h10-15H,7-9H2,1-6H3. The van der Waals surface area contributed by atoms with Crippen molar-refractivity contribution in [2.24, 2.45) is 57.2 Å². The first-order chi connectivity index (χ1) is 8.72. The van der Waals surface area contributed by atoms with Gasteiger partial charge in [-0.3, -0.25) is 0 Å². The second kappa shape index (κ2) is 2.57. The highest BCUT2D eigenvalue weighted by Crippen LogP contribution is 2.94. The van der Waals surface area contributed by atoms with Gasteiger partial charge in [0.1, 0.15) is 0 Å². The van der Waals surface area contributed by atoms with Crippen LogP contribution in [0.4, 0.5) is 0 Å². The average molecular weight is 258 g/mol. The van der Waals surface area contributed by atoms with Crippen molar-refractivity contribution in [1.82, 2.24) is 0 Å². The van der Waals surface area contributed by atoms with Crippen molar-refractivity contribution in [3.63, 3.8) is 0 Å². The summed E-state index contributed by atoms with van der Waals surface area (Å²) >= 11 is 0. The van der Waals surface area contributed by atoms with Crippen LogP contribution in [-0.2, 0) is 0 Å². The van der Waals surface area contributed by atoms with Crippen LogP contribution in [0.1, 0.15) is 60.8 Å². The van der Waals surface area contributed by atoms with Gasteiger partial charge in [-0.25, -0.2) is 0 Å². The number of hydrogen-bond donors (Lipinski definition) is 0. The fourth-order valence-electron chi connectivity index (χ4n) is 9.58. The van der Waals surface area contributed by atoms with E-state index in [0.29, 0.717) is 21.7 Å². The third-order valence-electron chi connectivity index (χ3n) is 11.0. The van der Waals surface area contributed by atoms with E-state index in [1.807, 2.05) is 0 Å². The predicted octanol–water partition coefficient (Wildman–Crippen LogP) is 4.99. The molecule has 0 saturated heterocycles. The normalized spacial score (nSPS) is 74.2. The van der Waals surface area contributed by atoms with E-state index in [-0.39, 0.29) is 0 Å². The highest BCUT2D eigenvalue weighted by molar-refractivity contribution is 5.36. The minimum absolute atomic E-state index is 0.593. The van der Waals surface area contributed by atoms with Crippen LogP contribution >= 0.6 is 0 Å². The second-order valence-electron chi connectivity index (χ2n) is 10.1. The molecule has 0 aromatic rings. The minimum atomic E-state index is 0.593. The monoisotopic (exact) mass is 258 g/mol. The van der Waals surface area contributed by atoms with Gasteiger partial charge in [-0.05, 0) is 76.4 Å². The fourth-order valence-corrected chi connectivity index (χ4v) is 9.58. The van der Waals surface area contributed by atoms with Crippen LogP contribution in [0, 0.1) is 57.2 Å². The zero-order valence-electron chi connectivity index (χ0n) is 13.6. The first kappa shape index (κ1) is 11.6. The van der Waals surface area contributed by atoms with Crippen molar-refractivity contribution in [2.75, 3.05) is 0 Å². The van der Waals surface area contributed by atoms with Gasteiger partial charge in [-0.1, -0.05) is 41.5 Å². The van der Waals surface area contributed by atoms with Crippen molar-refractivity contribution < 1.29 is 0 Å². The number of rotatable bonds is 0. The fraction of sp³-hybridized carbons (Fsp3) is 1.00. The van der Waals surface area contributed by atoms with Gasteiger partial charge in [-0.2, -0.15) is 0 Å². The SMILES string of the molecule is CC1C2CC3C4CC5C(C2)C1(C)C5(C)C4(C)C3(C)C. The highest BCUT2D eigenvalue weighted by atomic mass is 14.9. The maximum Gasteiger partial charge on any atom is -0.0173 e. The van der Waals surface area contributed by atoms with Gasteiger partial charge in [0.2, 0.25) is 0 Å². The summed E-state index contributed by atoms with van der Waals surface area (Å²) in [7, 11) is 0. The molecule has 0 radical (unpaired) electrons. The molecular weight excluding hydrogens is 228 g/mol. The van der Waals surface area contributed by atoms with Gasteiger partial charge in [0, 0.05) is 0 Å². The Labute approximate surface area is 118 Å². The lowest BCUT2D eigenvalue weighted by Crippen LogP contribution is -2.74. The first-order valence-corrected chi connectivity index (χ1v) is 8.72. The summed E-state index contributed by atoms with van der Waals surface area (Å²) < 4.78 is 0. The molecule has 9 unspecified atom stereocenters. The molecule has 9 atom stereocenters. The van der Waals surface area contributed by atoms with Crippen LogP contribution in [0.25, 0.3) is 0 Å². The molecule has 7 saturated carbocycles. The molecule has 7 aliphatic carbocycles. The first-order valence-electron chi connectivity index (χ1n) is 8.72. The van der Waals surface area contributed by atoms with Gasteiger partial charge in [0.05, 0.1) is 0 Å². The van der Waals surface area contributed by atoms with E-state index in [0.717, 1.165) is 35.5 Å². The predicted molar refractivity (Wildman–Crippen MR) is 78.6 cm³/mol. The smallest absolute Gasteiger partial charge is 0.0173 e. The van der Waals surface area contributed by atoms with Crippen molar-refractivity contribution in [2.45, 2.75) is 60.8 Å². The molecule has 0 nitrogen and oxygen atoms in total. The molecule has 0 N–H and O–H groups in total. The lowest BCUT2D eigenvalue weighted by Gasteiger charge is -2.78. The van der Waals surface area contributed by atoms with Crippen molar-refractivity contribution in [3.8, 4) is 0 Å². The van der Waals surface area contributed by atoms with Crippen LogP contribution in [-0.4, -0.2) is 0 Å². The van der Waals surface area contributed by atoms with Crippen molar-refractivity contribution >= 4 is 0 Å². The summed E-state index contributed by atoms with van der Waals surface area (Å²) in [5, 5.41) is 0. The lowest BCUT2D eigenvalue weighted by molar-refractivity contribution is -0.310. The van der Waals surface area contributed by atoms with E-state index in [1.54, 1.807) is 19.3 Å². The molecule has 8 bridgehead atoms. The quantitative estimate of drug-likeness (QED) is 0.574. The van der Waals surface area contributed by atoms with Gasteiger partial charge < -0.3 is 0 Å². The Morgan fingerprint density at radius 3 is 1.95 bits per heavy atom. The van der Waals surface area contributed by atoms with Crippen LogP contribution < -0.4 is 0 Å². The Morgan fingerprint density at radius 2 is 1.26 bits per heavy atom. The Morgan fingerprint density at radius 1 is 0.684 bits per heavy atom. The topological polar surface area (TPSA) is 0 Å². The maximum atomic E-state index is 2.72. The zero-order chi connectivity index (χ0) is 13.6. The Balaban J connectivity index is 1.80. The largest absolute Gasteiger partial charge is 0.0617 e. The molecule has 0 heteroatoms. The second-order valence-corrected chi connectivity index (χ2v) is 10.1. The summed E-state index contributed by atoms with van der Waals surface area (Å²) in [5.41, 5.74) is 2.53. The zero-order valence-corrected chi connectivity index (χ0v) is 13.6. The third kappa shape index (κ3) is 0.702.